The summed E-state index contributed by atoms with van der Waals surface area (Å²) in [7, 11) is -4.32. The zero-order chi connectivity index (χ0) is 23.9. The predicted molar refractivity (Wildman–Crippen MR) is 121 cm³/mol. The van der Waals surface area contributed by atoms with Crippen LogP contribution in [-0.4, -0.2) is 25.5 Å². The number of aliphatic hydroxyl groups is 1. The van der Waals surface area contributed by atoms with Crippen molar-refractivity contribution in [2.45, 2.75) is 10.4 Å². The minimum atomic E-state index is -4.32. The highest BCUT2D eigenvalue weighted by Gasteiger charge is 2.33. The summed E-state index contributed by atoms with van der Waals surface area (Å²) in [6.45, 7) is 0. The van der Waals surface area contributed by atoms with Gasteiger partial charge in [-0.3, -0.25) is 9.52 Å². The summed E-state index contributed by atoms with van der Waals surface area (Å²) in [5, 5.41) is 15.7. The molecule has 2 aliphatic rings. The summed E-state index contributed by atoms with van der Waals surface area (Å²) in [5.41, 5.74) is 4.03. The number of thiophene rings is 1. The van der Waals surface area contributed by atoms with Gasteiger partial charge in [-0.15, -0.1) is 11.3 Å². The number of hydrogen-bond donors (Lipinski definition) is 5. The molecule has 1 unspecified atom stereocenters. The number of sulfonamides is 1. The molecule has 1 aromatic heterocycles. The Morgan fingerprint density at radius 2 is 1.94 bits per heavy atom. The van der Waals surface area contributed by atoms with Crippen molar-refractivity contribution < 1.29 is 27.1 Å². The Morgan fingerprint density at radius 1 is 1.21 bits per heavy atom. The van der Waals surface area contributed by atoms with Crippen molar-refractivity contribution in [1.82, 2.24) is 10.6 Å². The van der Waals surface area contributed by atoms with Crippen molar-refractivity contribution in [2.24, 2.45) is 5.73 Å². The molecule has 0 spiro atoms. The number of Topliss-reactive ketones (excluding diaryl/α,β-unsaturated/α-hetero) is 1. The second-order valence-electron chi connectivity index (χ2n) is 6.84. The van der Waals surface area contributed by atoms with E-state index in [1.165, 1.54) is 30.6 Å². The van der Waals surface area contributed by atoms with E-state index in [9.17, 15) is 22.7 Å². The lowest BCUT2D eigenvalue weighted by molar-refractivity contribution is 0.102. The third-order valence-electron chi connectivity index (χ3n) is 4.76. The molecular formula is C20H15ClF2N4O4S2. The van der Waals surface area contributed by atoms with Crippen LogP contribution in [0, 0.1) is 11.6 Å². The smallest absolute Gasteiger partial charge is 0.271 e. The number of ketones is 1. The van der Waals surface area contributed by atoms with E-state index in [0.717, 1.165) is 18.3 Å². The first-order valence-electron chi connectivity index (χ1n) is 9.19. The zero-order valence-corrected chi connectivity index (χ0v) is 18.8. The number of hydrogen-bond acceptors (Lipinski definition) is 8. The molecular weight excluding hydrogens is 498 g/mol. The van der Waals surface area contributed by atoms with Gasteiger partial charge >= 0.3 is 0 Å². The highest BCUT2D eigenvalue weighted by atomic mass is 35.5. The minimum Gasteiger partial charge on any atom is -0.505 e. The van der Waals surface area contributed by atoms with Gasteiger partial charge in [0.1, 0.15) is 22.0 Å². The van der Waals surface area contributed by atoms with Crippen molar-refractivity contribution in [2.75, 3.05) is 4.72 Å². The normalized spacial score (nSPS) is 17.8. The fourth-order valence-corrected chi connectivity index (χ4v) is 5.67. The minimum absolute atomic E-state index is 0.0245. The van der Waals surface area contributed by atoms with Crippen molar-refractivity contribution in [3.63, 3.8) is 0 Å². The topological polar surface area (TPSA) is 134 Å². The van der Waals surface area contributed by atoms with Crippen molar-refractivity contribution in [3.05, 3.63) is 87.2 Å². The summed E-state index contributed by atoms with van der Waals surface area (Å²) >= 11 is 6.64. The SMILES string of the molecule is N/C=C(\O)c1ccc(S(=O)(=O)Nc2ccc(F)c(C(=O)C3=CNC4NC=C(Cl)C=C34)c2F)s1. The number of carbonyl (C=O) groups excluding carboxylic acids is 1. The fourth-order valence-electron chi connectivity index (χ4n) is 3.20. The number of halogens is 3. The van der Waals surface area contributed by atoms with E-state index in [4.69, 9.17) is 17.3 Å². The van der Waals surface area contributed by atoms with Crippen LogP contribution < -0.4 is 21.1 Å². The number of fused-ring (bicyclic) bond motifs is 1. The van der Waals surface area contributed by atoms with Crippen LogP contribution in [0.2, 0.25) is 0 Å². The van der Waals surface area contributed by atoms with E-state index >= 15 is 4.39 Å². The second kappa shape index (κ2) is 8.54. The van der Waals surface area contributed by atoms with Gasteiger partial charge in [-0.1, -0.05) is 11.6 Å². The Kier molecular flexibility index (Phi) is 5.91. The van der Waals surface area contributed by atoms with Gasteiger partial charge in [0.2, 0.25) is 5.78 Å². The molecule has 6 N–H and O–H groups in total. The number of dihydropyridines is 1. The first kappa shape index (κ1) is 22.8. The van der Waals surface area contributed by atoms with Crippen molar-refractivity contribution in [1.29, 1.82) is 0 Å². The van der Waals surface area contributed by atoms with Gasteiger partial charge in [-0.2, -0.15) is 0 Å². The Morgan fingerprint density at radius 3 is 2.67 bits per heavy atom. The van der Waals surface area contributed by atoms with Crippen LogP contribution >= 0.6 is 22.9 Å². The number of allylic oxidation sites excluding steroid dienone is 2. The molecule has 0 saturated heterocycles. The van der Waals surface area contributed by atoms with Crippen LogP contribution in [0.25, 0.3) is 5.76 Å². The molecule has 1 atom stereocenters. The van der Waals surface area contributed by atoms with E-state index < -0.39 is 44.9 Å². The van der Waals surface area contributed by atoms with E-state index in [1.807, 2.05) is 4.72 Å². The molecule has 1 aromatic carbocycles. The van der Waals surface area contributed by atoms with Crippen molar-refractivity contribution >= 4 is 50.2 Å². The zero-order valence-electron chi connectivity index (χ0n) is 16.4. The molecule has 172 valence electrons. The van der Waals surface area contributed by atoms with E-state index in [2.05, 4.69) is 10.6 Å². The van der Waals surface area contributed by atoms with Crippen LogP contribution in [-0.2, 0) is 10.0 Å². The third-order valence-corrected chi connectivity index (χ3v) is 7.94. The van der Waals surface area contributed by atoms with Crippen LogP contribution in [0.5, 0.6) is 0 Å². The molecule has 13 heteroatoms. The standard InChI is InChI=1S/C20H15ClF2N4O4S2/c21-9-5-10-11(8-26-20(10)25-7-9)19(29)17-12(22)1-2-13(18(17)23)27-33(30,31)16-4-3-15(32-16)14(28)6-24/h1-8,20,25-28H,24H2/b14-6-. The molecule has 0 aliphatic carbocycles. The lowest BCUT2D eigenvalue weighted by atomic mass is 9.95. The Balaban J connectivity index is 1.67. The molecule has 0 saturated carbocycles. The molecule has 3 heterocycles. The van der Waals surface area contributed by atoms with Gasteiger partial charge in [0, 0.05) is 29.7 Å². The maximum Gasteiger partial charge on any atom is 0.271 e. The molecule has 0 radical (unpaired) electrons. The summed E-state index contributed by atoms with van der Waals surface area (Å²) in [5.74, 6) is -3.86. The van der Waals surface area contributed by atoms with Crippen LogP contribution in [0.4, 0.5) is 14.5 Å². The van der Waals surface area contributed by atoms with Gasteiger partial charge < -0.3 is 21.5 Å². The average Bonchev–Trinajstić information content (AvgIpc) is 3.43. The summed E-state index contributed by atoms with van der Waals surface area (Å²) < 4.78 is 56.9. The Labute approximate surface area is 195 Å². The second-order valence-corrected chi connectivity index (χ2v) is 10.3. The fraction of sp³-hybridized carbons (Fsp3) is 0.0500. The molecule has 33 heavy (non-hydrogen) atoms. The molecule has 2 aliphatic heterocycles. The maximum atomic E-state index is 15.2. The van der Waals surface area contributed by atoms with Gasteiger partial charge in [0.25, 0.3) is 10.0 Å². The average molecular weight is 513 g/mol. The monoisotopic (exact) mass is 512 g/mol. The number of anilines is 1. The number of benzene rings is 1. The van der Waals surface area contributed by atoms with Gasteiger partial charge in [-0.25, -0.2) is 17.2 Å². The number of carbonyl (C=O) groups is 1. The van der Waals surface area contributed by atoms with E-state index in [-0.39, 0.29) is 25.5 Å². The lowest BCUT2D eigenvalue weighted by Crippen LogP contribution is -2.36. The molecule has 8 nitrogen and oxygen atoms in total. The number of nitrogens with two attached hydrogens (primary N) is 1. The summed E-state index contributed by atoms with van der Waals surface area (Å²) in [4.78, 5) is 13.2. The highest BCUT2D eigenvalue weighted by molar-refractivity contribution is 7.94. The van der Waals surface area contributed by atoms with Crippen molar-refractivity contribution in [3.8, 4) is 0 Å². The molecule has 2 aromatic rings. The number of nitrogens with one attached hydrogen (secondary N) is 3. The van der Waals surface area contributed by atoms with Gasteiger partial charge in [0.05, 0.1) is 21.2 Å². The van der Waals surface area contributed by atoms with Gasteiger partial charge in [-0.05, 0) is 30.3 Å². The van der Waals surface area contributed by atoms with Gasteiger partial charge in [0.15, 0.2) is 5.82 Å². The van der Waals surface area contributed by atoms with Crippen LogP contribution in [0.15, 0.2) is 69.3 Å². The number of rotatable bonds is 6. The lowest BCUT2D eigenvalue weighted by Gasteiger charge is -2.19. The summed E-state index contributed by atoms with van der Waals surface area (Å²) in [6, 6.07) is 4.16. The quantitative estimate of drug-likeness (QED) is 0.296. The maximum absolute atomic E-state index is 15.2. The summed E-state index contributed by atoms with van der Waals surface area (Å²) in [6.07, 6.45) is 4.68. The van der Waals surface area contributed by atoms with E-state index in [0.29, 0.717) is 16.9 Å². The van der Waals surface area contributed by atoms with Crippen LogP contribution in [0.1, 0.15) is 15.2 Å². The number of aliphatic hydroxyl groups excluding tert-OH is 1. The Hall–Kier alpha value is -3.35. The first-order chi connectivity index (χ1) is 15.6. The first-order valence-corrected chi connectivity index (χ1v) is 11.9. The largest absolute Gasteiger partial charge is 0.505 e. The van der Waals surface area contributed by atoms with Crippen LogP contribution in [0.3, 0.4) is 0 Å². The third kappa shape index (κ3) is 4.19. The molecule has 0 fully saturated rings. The molecule has 0 amide bonds. The Bertz CT molecular complexity index is 1400. The van der Waals surface area contributed by atoms with E-state index in [1.54, 1.807) is 0 Å². The predicted octanol–water partition coefficient (Wildman–Crippen LogP) is 3.25. The molecule has 4 rings (SSSR count). The highest BCUT2D eigenvalue weighted by Crippen LogP contribution is 2.33. The molecule has 0 bridgehead atoms.